The molecule has 0 aromatic carbocycles. The summed E-state index contributed by atoms with van der Waals surface area (Å²) < 4.78 is 0. The quantitative estimate of drug-likeness (QED) is 0.865. The first-order valence-electron chi connectivity index (χ1n) is 7.03. The van der Waals surface area contributed by atoms with Crippen molar-refractivity contribution in [3.8, 4) is 0 Å². The van der Waals surface area contributed by atoms with Crippen molar-refractivity contribution in [1.29, 1.82) is 0 Å². The van der Waals surface area contributed by atoms with Gasteiger partial charge in [-0.2, -0.15) is 0 Å². The highest BCUT2D eigenvalue weighted by atomic mass is 15.1. The van der Waals surface area contributed by atoms with Crippen LogP contribution in [-0.2, 0) is 6.54 Å². The number of nitrogens with one attached hydrogen (secondary N) is 1. The van der Waals surface area contributed by atoms with E-state index in [1.54, 1.807) is 0 Å². The molecule has 0 radical (unpaired) electrons. The molecule has 0 aliphatic carbocycles. The summed E-state index contributed by atoms with van der Waals surface area (Å²) in [5, 5.41) is 3.55. The highest BCUT2D eigenvalue weighted by Gasteiger charge is 2.31. The third-order valence-electron chi connectivity index (χ3n) is 4.07. The molecule has 1 saturated heterocycles. The Balaban J connectivity index is 1.91. The standard InChI is InChI=1S/C15H25N3/c1-3-15(8-6-9-16-12-15)13-18(2)11-14-7-4-5-10-17-14/h4-5,7,10,16H,3,6,8-9,11-13H2,1-2H3. The van der Waals surface area contributed by atoms with Crippen molar-refractivity contribution in [3.63, 3.8) is 0 Å². The number of hydrogen-bond acceptors (Lipinski definition) is 3. The van der Waals surface area contributed by atoms with E-state index in [2.05, 4.69) is 41.3 Å². The van der Waals surface area contributed by atoms with E-state index in [0.717, 1.165) is 25.3 Å². The first kappa shape index (κ1) is 13.5. The van der Waals surface area contributed by atoms with Crippen molar-refractivity contribution < 1.29 is 0 Å². The number of aromatic nitrogens is 1. The highest BCUT2D eigenvalue weighted by Crippen LogP contribution is 2.30. The predicted octanol–water partition coefficient (Wildman–Crippen LogP) is 2.29. The summed E-state index contributed by atoms with van der Waals surface area (Å²) in [4.78, 5) is 6.82. The molecule has 1 aromatic rings. The molecule has 2 rings (SSSR count). The van der Waals surface area contributed by atoms with Crippen LogP contribution in [0.4, 0.5) is 0 Å². The van der Waals surface area contributed by atoms with Crippen LogP contribution in [0, 0.1) is 5.41 Å². The molecule has 0 bridgehead atoms. The summed E-state index contributed by atoms with van der Waals surface area (Å²) >= 11 is 0. The fraction of sp³-hybridized carbons (Fsp3) is 0.667. The Morgan fingerprint density at radius 1 is 1.44 bits per heavy atom. The zero-order valence-corrected chi connectivity index (χ0v) is 11.7. The first-order chi connectivity index (χ1) is 8.74. The topological polar surface area (TPSA) is 28.2 Å². The average Bonchev–Trinajstić information content (AvgIpc) is 2.41. The third kappa shape index (κ3) is 3.53. The minimum atomic E-state index is 0.460. The molecule has 1 atom stereocenters. The Bertz CT molecular complexity index is 344. The lowest BCUT2D eigenvalue weighted by Crippen LogP contribution is -2.46. The van der Waals surface area contributed by atoms with E-state index in [9.17, 15) is 0 Å². The number of nitrogens with zero attached hydrogens (tertiary/aromatic N) is 2. The summed E-state index contributed by atoms with van der Waals surface area (Å²) in [6.07, 6.45) is 5.79. The van der Waals surface area contributed by atoms with Crippen LogP contribution in [0.1, 0.15) is 31.9 Å². The second kappa shape index (κ2) is 6.30. The normalized spacial score (nSPS) is 24.4. The lowest BCUT2D eigenvalue weighted by Gasteiger charge is -2.39. The van der Waals surface area contributed by atoms with Crippen LogP contribution in [0.2, 0.25) is 0 Å². The van der Waals surface area contributed by atoms with Gasteiger partial charge in [-0.1, -0.05) is 13.0 Å². The minimum Gasteiger partial charge on any atom is -0.316 e. The molecule has 1 unspecified atom stereocenters. The molecule has 3 nitrogen and oxygen atoms in total. The Morgan fingerprint density at radius 2 is 2.33 bits per heavy atom. The third-order valence-corrected chi connectivity index (χ3v) is 4.07. The van der Waals surface area contributed by atoms with E-state index in [-0.39, 0.29) is 0 Å². The predicted molar refractivity (Wildman–Crippen MR) is 75.4 cm³/mol. The molecule has 100 valence electrons. The molecular formula is C15H25N3. The molecule has 1 aromatic heterocycles. The van der Waals surface area contributed by atoms with Gasteiger partial charge in [0.25, 0.3) is 0 Å². The fourth-order valence-electron chi connectivity index (χ4n) is 2.98. The van der Waals surface area contributed by atoms with Crippen LogP contribution >= 0.6 is 0 Å². The van der Waals surface area contributed by atoms with E-state index in [1.807, 2.05) is 12.3 Å². The zero-order valence-electron chi connectivity index (χ0n) is 11.7. The SMILES string of the molecule is CCC1(CN(C)Cc2ccccn2)CCCNC1. The molecule has 1 aliphatic rings. The van der Waals surface area contributed by atoms with Gasteiger partial charge in [0.2, 0.25) is 0 Å². The Kier molecular flexibility index (Phi) is 4.72. The summed E-state index contributed by atoms with van der Waals surface area (Å²) in [5.41, 5.74) is 1.62. The van der Waals surface area contributed by atoms with Crippen LogP contribution < -0.4 is 5.32 Å². The molecule has 3 heteroatoms. The van der Waals surface area contributed by atoms with Gasteiger partial charge in [0.05, 0.1) is 5.69 Å². The van der Waals surface area contributed by atoms with Gasteiger partial charge in [-0.15, -0.1) is 0 Å². The smallest absolute Gasteiger partial charge is 0.0543 e. The average molecular weight is 247 g/mol. The summed E-state index contributed by atoms with van der Waals surface area (Å²) in [7, 11) is 2.21. The second-order valence-corrected chi connectivity index (χ2v) is 5.63. The van der Waals surface area contributed by atoms with E-state index in [0.29, 0.717) is 5.41 Å². The summed E-state index contributed by atoms with van der Waals surface area (Å²) in [6.45, 7) is 6.78. The van der Waals surface area contributed by atoms with Crippen molar-refractivity contribution in [3.05, 3.63) is 30.1 Å². The second-order valence-electron chi connectivity index (χ2n) is 5.63. The van der Waals surface area contributed by atoms with Gasteiger partial charge in [0.15, 0.2) is 0 Å². The van der Waals surface area contributed by atoms with Crippen LogP contribution in [0.5, 0.6) is 0 Å². The molecule has 0 saturated carbocycles. The highest BCUT2D eigenvalue weighted by molar-refractivity contribution is 5.03. The number of hydrogen-bond donors (Lipinski definition) is 1. The summed E-state index contributed by atoms with van der Waals surface area (Å²) in [6, 6.07) is 6.14. The van der Waals surface area contributed by atoms with Crippen LogP contribution in [0.25, 0.3) is 0 Å². The zero-order chi connectivity index (χ0) is 12.8. The molecule has 18 heavy (non-hydrogen) atoms. The molecule has 1 N–H and O–H groups in total. The monoisotopic (exact) mass is 247 g/mol. The maximum atomic E-state index is 4.40. The maximum Gasteiger partial charge on any atom is 0.0543 e. The Morgan fingerprint density at radius 3 is 2.94 bits per heavy atom. The Labute approximate surface area is 111 Å². The molecular weight excluding hydrogens is 222 g/mol. The first-order valence-corrected chi connectivity index (χ1v) is 7.03. The van der Waals surface area contributed by atoms with Gasteiger partial charge >= 0.3 is 0 Å². The lowest BCUT2D eigenvalue weighted by atomic mass is 9.78. The van der Waals surface area contributed by atoms with Gasteiger partial charge < -0.3 is 5.32 Å². The van der Waals surface area contributed by atoms with Crippen molar-refractivity contribution in [1.82, 2.24) is 15.2 Å². The van der Waals surface area contributed by atoms with Crippen molar-refractivity contribution in [2.45, 2.75) is 32.7 Å². The van der Waals surface area contributed by atoms with Gasteiger partial charge in [0, 0.05) is 25.8 Å². The van der Waals surface area contributed by atoms with E-state index in [1.165, 1.54) is 25.8 Å². The van der Waals surface area contributed by atoms with E-state index in [4.69, 9.17) is 0 Å². The van der Waals surface area contributed by atoms with E-state index >= 15 is 0 Å². The van der Waals surface area contributed by atoms with Crippen LogP contribution in [0.15, 0.2) is 24.4 Å². The number of rotatable bonds is 5. The van der Waals surface area contributed by atoms with E-state index < -0.39 is 0 Å². The lowest BCUT2D eigenvalue weighted by molar-refractivity contribution is 0.124. The molecule has 1 aliphatic heterocycles. The van der Waals surface area contributed by atoms with Gasteiger partial charge in [-0.25, -0.2) is 0 Å². The minimum absolute atomic E-state index is 0.460. The van der Waals surface area contributed by atoms with Gasteiger partial charge in [-0.05, 0) is 50.4 Å². The van der Waals surface area contributed by atoms with Crippen LogP contribution in [-0.4, -0.2) is 36.6 Å². The van der Waals surface area contributed by atoms with Crippen molar-refractivity contribution in [2.24, 2.45) is 5.41 Å². The number of piperidine rings is 1. The molecule has 2 heterocycles. The molecule has 0 amide bonds. The van der Waals surface area contributed by atoms with Crippen molar-refractivity contribution in [2.75, 3.05) is 26.7 Å². The molecule has 0 spiro atoms. The van der Waals surface area contributed by atoms with Crippen molar-refractivity contribution >= 4 is 0 Å². The van der Waals surface area contributed by atoms with Gasteiger partial charge in [0.1, 0.15) is 0 Å². The fourth-order valence-corrected chi connectivity index (χ4v) is 2.98. The largest absolute Gasteiger partial charge is 0.316 e. The van der Waals surface area contributed by atoms with Gasteiger partial charge in [-0.3, -0.25) is 9.88 Å². The number of pyridine rings is 1. The Hall–Kier alpha value is -0.930. The maximum absolute atomic E-state index is 4.40. The molecule has 1 fully saturated rings. The summed E-state index contributed by atoms with van der Waals surface area (Å²) in [5.74, 6) is 0. The van der Waals surface area contributed by atoms with Crippen LogP contribution in [0.3, 0.4) is 0 Å².